The number of anilines is 3. The van der Waals surface area contributed by atoms with Gasteiger partial charge in [0.1, 0.15) is 22.7 Å². The standard InChI is InChI=1S/C18H19FN6O/c19-13-9-12(25-5-7-26-8-6-25)3-4-14(13)21-18-16-15(10-20-24-16)22-17(23-18)11-1-2-11/h3-4,9-11H,1-2,5-8H2,(H,20,24)(H,21,22,23). The fourth-order valence-corrected chi connectivity index (χ4v) is 3.22. The van der Waals surface area contributed by atoms with Crippen molar-refractivity contribution in [2.24, 2.45) is 0 Å². The highest BCUT2D eigenvalue weighted by atomic mass is 19.1. The molecule has 1 aliphatic heterocycles. The maximum Gasteiger partial charge on any atom is 0.160 e. The molecule has 3 heterocycles. The van der Waals surface area contributed by atoms with Crippen LogP contribution in [-0.2, 0) is 4.74 Å². The molecule has 26 heavy (non-hydrogen) atoms. The van der Waals surface area contributed by atoms with E-state index in [4.69, 9.17) is 4.74 Å². The molecule has 0 atom stereocenters. The van der Waals surface area contributed by atoms with Crippen LogP contribution in [0.2, 0.25) is 0 Å². The van der Waals surface area contributed by atoms with Crippen LogP contribution in [0.1, 0.15) is 24.6 Å². The van der Waals surface area contributed by atoms with Crippen LogP contribution in [-0.4, -0.2) is 46.5 Å². The van der Waals surface area contributed by atoms with Crippen molar-refractivity contribution in [2.45, 2.75) is 18.8 Å². The summed E-state index contributed by atoms with van der Waals surface area (Å²) >= 11 is 0. The van der Waals surface area contributed by atoms with Crippen molar-refractivity contribution in [3.8, 4) is 0 Å². The van der Waals surface area contributed by atoms with Crippen molar-refractivity contribution < 1.29 is 9.13 Å². The number of aromatic amines is 1. The molecule has 134 valence electrons. The number of aromatic nitrogens is 4. The lowest BCUT2D eigenvalue weighted by Crippen LogP contribution is -2.36. The number of rotatable bonds is 4. The van der Waals surface area contributed by atoms with Gasteiger partial charge in [-0.15, -0.1) is 0 Å². The Balaban J connectivity index is 1.45. The van der Waals surface area contributed by atoms with Gasteiger partial charge in [0.15, 0.2) is 5.82 Å². The molecule has 8 heteroatoms. The third-order valence-electron chi connectivity index (χ3n) is 4.84. The summed E-state index contributed by atoms with van der Waals surface area (Å²) in [6, 6.07) is 5.23. The normalized spacial score (nSPS) is 17.7. The predicted octanol–water partition coefficient (Wildman–Crippen LogP) is 2.95. The Morgan fingerprint density at radius 3 is 2.81 bits per heavy atom. The van der Waals surface area contributed by atoms with Crippen molar-refractivity contribution >= 4 is 28.2 Å². The van der Waals surface area contributed by atoms with E-state index in [1.165, 1.54) is 0 Å². The molecule has 1 aliphatic carbocycles. The number of H-pyrrole nitrogens is 1. The fraction of sp³-hybridized carbons (Fsp3) is 0.389. The molecule has 0 spiro atoms. The minimum atomic E-state index is -0.312. The lowest BCUT2D eigenvalue weighted by Gasteiger charge is -2.29. The van der Waals surface area contributed by atoms with Crippen LogP contribution in [0.15, 0.2) is 24.4 Å². The summed E-state index contributed by atoms with van der Waals surface area (Å²) in [5, 5.41) is 10.1. The molecule has 1 aromatic carbocycles. The van der Waals surface area contributed by atoms with E-state index in [2.05, 4.69) is 30.4 Å². The predicted molar refractivity (Wildman–Crippen MR) is 96.4 cm³/mol. The monoisotopic (exact) mass is 354 g/mol. The first-order chi connectivity index (χ1) is 12.8. The quantitative estimate of drug-likeness (QED) is 0.750. The zero-order valence-corrected chi connectivity index (χ0v) is 14.2. The van der Waals surface area contributed by atoms with Crippen molar-refractivity contribution in [2.75, 3.05) is 36.5 Å². The van der Waals surface area contributed by atoms with Gasteiger partial charge in [-0.3, -0.25) is 5.10 Å². The third-order valence-corrected chi connectivity index (χ3v) is 4.84. The van der Waals surface area contributed by atoms with E-state index in [0.29, 0.717) is 36.2 Å². The summed E-state index contributed by atoms with van der Waals surface area (Å²) in [5.41, 5.74) is 2.68. The molecule has 5 rings (SSSR count). The molecule has 0 unspecified atom stereocenters. The SMILES string of the molecule is Fc1cc(N2CCOCC2)ccc1Nc1nc(C2CC2)nc2cn[nH]c12. The van der Waals surface area contributed by atoms with Crippen molar-refractivity contribution in [3.05, 3.63) is 36.0 Å². The minimum absolute atomic E-state index is 0.312. The van der Waals surface area contributed by atoms with Gasteiger partial charge in [0.2, 0.25) is 0 Å². The second-order valence-corrected chi connectivity index (χ2v) is 6.72. The highest BCUT2D eigenvalue weighted by molar-refractivity contribution is 5.87. The van der Waals surface area contributed by atoms with Gasteiger partial charge in [-0.05, 0) is 31.0 Å². The van der Waals surface area contributed by atoms with Crippen molar-refractivity contribution in [3.63, 3.8) is 0 Å². The van der Waals surface area contributed by atoms with Crippen LogP contribution >= 0.6 is 0 Å². The molecular formula is C18H19FN6O. The van der Waals surface area contributed by atoms with Crippen LogP contribution in [0.25, 0.3) is 11.0 Å². The van der Waals surface area contributed by atoms with E-state index < -0.39 is 0 Å². The summed E-state index contributed by atoms with van der Waals surface area (Å²) in [6.07, 6.45) is 3.88. The second kappa shape index (κ2) is 6.21. The number of halogens is 1. The molecule has 2 N–H and O–H groups in total. The summed E-state index contributed by atoms with van der Waals surface area (Å²) in [7, 11) is 0. The largest absolute Gasteiger partial charge is 0.378 e. The van der Waals surface area contributed by atoms with Crippen LogP contribution in [0.3, 0.4) is 0 Å². The van der Waals surface area contributed by atoms with Crippen molar-refractivity contribution in [1.82, 2.24) is 20.2 Å². The third kappa shape index (κ3) is 2.86. The van der Waals surface area contributed by atoms with Crippen molar-refractivity contribution in [1.29, 1.82) is 0 Å². The van der Waals surface area contributed by atoms with E-state index in [1.807, 2.05) is 6.07 Å². The van der Waals surface area contributed by atoms with E-state index in [9.17, 15) is 4.39 Å². The molecule has 0 amide bonds. The van der Waals surface area contributed by atoms with Crippen LogP contribution in [0.5, 0.6) is 0 Å². The molecule has 7 nitrogen and oxygen atoms in total. The molecule has 2 aromatic heterocycles. The van der Waals surface area contributed by atoms with E-state index in [0.717, 1.165) is 43.0 Å². The first-order valence-electron chi connectivity index (χ1n) is 8.88. The molecule has 1 saturated carbocycles. The smallest absolute Gasteiger partial charge is 0.160 e. The maximum absolute atomic E-state index is 14.7. The lowest BCUT2D eigenvalue weighted by atomic mass is 10.2. The van der Waals surface area contributed by atoms with Gasteiger partial charge < -0.3 is 15.0 Å². The van der Waals surface area contributed by atoms with Crippen LogP contribution in [0, 0.1) is 5.82 Å². The lowest BCUT2D eigenvalue weighted by molar-refractivity contribution is 0.122. The highest BCUT2D eigenvalue weighted by Crippen LogP contribution is 2.39. The molecular weight excluding hydrogens is 335 g/mol. The Kier molecular flexibility index (Phi) is 3.70. The van der Waals surface area contributed by atoms with Crippen LogP contribution < -0.4 is 10.2 Å². The number of fused-ring (bicyclic) bond motifs is 1. The van der Waals surface area contributed by atoms with Gasteiger partial charge in [0.05, 0.1) is 25.1 Å². The number of nitrogens with one attached hydrogen (secondary N) is 2. The van der Waals surface area contributed by atoms with Gasteiger partial charge in [-0.2, -0.15) is 5.10 Å². The Morgan fingerprint density at radius 1 is 1.19 bits per heavy atom. The Bertz CT molecular complexity index is 948. The zero-order chi connectivity index (χ0) is 17.5. The molecule has 0 bridgehead atoms. The van der Waals surface area contributed by atoms with Gasteiger partial charge >= 0.3 is 0 Å². The van der Waals surface area contributed by atoms with Gasteiger partial charge in [-0.25, -0.2) is 14.4 Å². The van der Waals surface area contributed by atoms with E-state index >= 15 is 0 Å². The highest BCUT2D eigenvalue weighted by Gasteiger charge is 2.28. The first kappa shape index (κ1) is 15.5. The topological polar surface area (TPSA) is 79.0 Å². The summed E-state index contributed by atoms with van der Waals surface area (Å²) < 4.78 is 20.1. The summed E-state index contributed by atoms with van der Waals surface area (Å²) in [6.45, 7) is 2.89. The number of ether oxygens (including phenoxy) is 1. The molecule has 2 fully saturated rings. The maximum atomic E-state index is 14.7. The zero-order valence-electron chi connectivity index (χ0n) is 14.2. The summed E-state index contributed by atoms with van der Waals surface area (Å²) in [5.74, 6) is 1.45. The Labute approximate surface area is 149 Å². The minimum Gasteiger partial charge on any atom is -0.378 e. The van der Waals surface area contributed by atoms with E-state index in [1.54, 1.807) is 18.3 Å². The first-order valence-corrected chi connectivity index (χ1v) is 8.88. The van der Waals surface area contributed by atoms with E-state index in [-0.39, 0.29) is 5.82 Å². The van der Waals surface area contributed by atoms with Gasteiger partial charge in [-0.1, -0.05) is 0 Å². The molecule has 2 aliphatic rings. The summed E-state index contributed by atoms with van der Waals surface area (Å²) in [4.78, 5) is 11.3. The van der Waals surface area contributed by atoms with Crippen LogP contribution in [0.4, 0.5) is 21.6 Å². The average molecular weight is 354 g/mol. The number of nitrogens with zero attached hydrogens (tertiary/aromatic N) is 4. The molecule has 3 aromatic rings. The molecule has 1 saturated heterocycles. The van der Waals surface area contributed by atoms with Gasteiger partial charge in [0.25, 0.3) is 0 Å². The second-order valence-electron chi connectivity index (χ2n) is 6.72. The molecule has 0 radical (unpaired) electrons. The average Bonchev–Trinajstić information content (AvgIpc) is 3.41. The number of morpholine rings is 1. The fourth-order valence-electron chi connectivity index (χ4n) is 3.22. The number of benzene rings is 1. The number of hydrogen-bond donors (Lipinski definition) is 2. The Morgan fingerprint density at radius 2 is 2.04 bits per heavy atom. The Hall–Kier alpha value is -2.74. The van der Waals surface area contributed by atoms with Gasteiger partial charge in [0, 0.05) is 24.7 Å². The number of hydrogen-bond acceptors (Lipinski definition) is 6.